The van der Waals surface area contributed by atoms with E-state index in [0.717, 1.165) is 0 Å². The number of hydrogen-bond donors (Lipinski definition) is 0. The van der Waals surface area contributed by atoms with E-state index in [0.29, 0.717) is 35.3 Å². The zero-order valence-corrected chi connectivity index (χ0v) is 15.6. The van der Waals surface area contributed by atoms with Crippen molar-refractivity contribution in [1.82, 2.24) is 14.9 Å². The maximum Gasteiger partial charge on any atom is 0.232 e. The van der Waals surface area contributed by atoms with E-state index in [1.54, 1.807) is 35.4 Å². The predicted molar refractivity (Wildman–Crippen MR) is 101 cm³/mol. The summed E-state index contributed by atoms with van der Waals surface area (Å²) < 4.78 is 11.6. The van der Waals surface area contributed by atoms with Gasteiger partial charge in [0, 0.05) is 35.2 Å². The molecule has 142 valence electrons. The number of carbonyl (C=O) groups excluding carboxylic acids is 1. The number of halogens is 1. The van der Waals surface area contributed by atoms with Crippen LogP contribution >= 0.6 is 11.6 Å². The Bertz CT molecular complexity index is 1060. The van der Waals surface area contributed by atoms with Crippen LogP contribution in [0.1, 0.15) is 12.5 Å². The maximum atomic E-state index is 11.4. The number of amides is 1. The van der Waals surface area contributed by atoms with Crippen LogP contribution in [-0.4, -0.2) is 40.0 Å². The molecule has 0 radical (unpaired) electrons. The van der Waals surface area contributed by atoms with Crippen LogP contribution in [-0.2, 0) is 15.3 Å². The second kappa shape index (κ2) is 7.03. The number of likely N-dealkylation sites (tertiary alicyclic amines) is 1. The summed E-state index contributed by atoms with van der Waals surface area (Å²) in [7, 11) is 0. The molecule has 1 unspecified atom stereocenters. The van der Waals surface area contributed by atoms with E-state index in [-0.39, 0.29) is 17.2 Å². The fourth-order valence-electron chi connectivity index (χ4n) is 3.14. The molecule has 28 heavy (non-hydrogen) atoms. The van der Waals surface area contributed by atoms with Crippen LogP contribution in [0.25, 0.3) is 21.2 Å². The molecule has 2 aromatic rings. The monoisotopic (exact) mass is 398 g/mol. The van der Waals surface area contributed by atoms with Gasteiger partial charge in [-0.2, -0.15) is 0 Å². The minimum atomic E-state index is -1.39. The standard InChI is InChI=1S/C18H15ClN6O3/c1-11(26)25-9-12(10-25)28-17-14-7-21-16(19)6-13(14)15(8-22-17)18(23-24-20)4-2-3-5-27-18/h2-8,12H,9-10H2,1H3. The average molecular weight is 399 g/mol. The predicted octanol–water partition coefficient (Wildman–Crippen LogP) is 3.46. The lowest BCUT2D eigenvalue weighted by Crippen LogP contribution is -2.55. The Labute approximate surface area is 164 Å². The molecule has 2 aliphatic rings. The van der Waals surface area contributed by atoms with Crippen molar-refractivity contribution >= 4 is 28.3 Å². The number of allylic oxidation sites excluding steroid dienone is 2. The molecule has 0 spiro atoms. The van der Waals surface area contributed by atoms with Gasteiger partial charge in [0.05, 0.1) is 24.7 Å². The van der Waals surface area contributed by atoms with Crippen molar-refractivity contribution in [2.75, 3.05) is 13.1 Å². The molecule has 0 N–H and O–H groups in total. The highest BCUT2D eigenvalue weighted by atomic mass is 35.5. The van der Waals surface area contributed by atoms with Crippen LogP contribution in [0, 0.1) is 0 Å². The summed E-state index contributed by atoms with van der Waals surface area (Å²) in [6, 6.07) is 1.65. The Morgan fingerprint density at radius 3 is 2.89 bits per heavy atom. The van der Waals surface area contributed by atoms with Gasteiger partial charge in [-0.3, -0.25) is 4.79 Å². The molecule has 2 aromatic heterocycles. The van der Waals surface area contributed by atoms with Crippen molar-refractivity contribution in [1.29, 1.82) is 0 Å². The van der Waals surface area contributed by atoms with Gasteiger partial charge < -0.3 is 14.4 Å². The number of carbonyl (C=O) groups is 1. The Morgan fingerprint density at radius 1 is 1.39 bits per heavy atom. The minimum absolute atomic E-state index is 0.00654. The molecule has 0 saturated carbocycles. The fourth-order valence-corrected chi connectivity index (χ4v) is 3.29. The summed E-state index contributed by atoms with van der Waals surface area (Å²) in [5, 5.41) is 5.35. The van der Waals surface area contributed by atoms with Gasteiger partial charge in [-0.15, -0.1) is 0 Å². The highest BCUT2D eigenvalue weighted by molar-refractivity contribution is 6.30. The van der Waals surface area contributed by atoms with Crippen molar-refractivity contribution in [3.8, 4) is 5.88 Å². The number of fused-ring (bicyclic) bond motifs is 1. The fraction of sp³-hybridized carbons (Fsp3) is 0.278. The Balaban J connectivity index is 1.77. The summed E-state index contributed by atoms with van der Waals surface area (Å²) in [5.74, 6) is 0.370. The van der Waals surface area contributed by atoms with Crippen LogP contribution in [0.2, 0.25) is 5.15 Å². The SMILES string of the molecule is CC(=O)N1CC(Oc2ncc(C3(N=[N+]=[N-])C=CC=CO3)c3cc(Cl)ncc23)C1. The zero-order chi connectivity index (χ0) is 19.7. The zero-order valence-electron chi connectivity index (χ0n) is 14.8. The quantitative estimate of drug-likeness (QED) is 0.338. The highest BCUT2D eigenvalue weighted by Crippen LogP contribution is 2.39. The van der Waals surface area contributed by atoms with Crippen LogP contribution < -0.4 is 4.74 Å². The lowest BCUT2D eigenvalue weighted by atomic mass is 9.98. The van der Waals surface area contributed by atoms with Gasteiger partial charge in [0.25, 0.3) is 0 Å². The van der Waals surface area contributed by atoms with E-state index in [9.17, 15) is 4.79 Å². The van der Waals surface area contributed by atoms with Crippen LogP contribution in [0.3, 0.4) is 0 Å². The number of ether oxygens (including phenoxy) is 2. The first-order chi connectivity index (χ1) is 13.5. The van der Waals surface area contributed by atoms with E-state index in [1.165, 1.54) is 19.4 Å². The second-order valence-corrected chi connectivity index (χ2v) is 6.77. The molecule has 4 rings (SSSR count). The maximum absolute atomic E-state index is 11.4. The smallest absolute Gasteiger partial charge is 0.232 e. The second-order valence-electron chi connectivity index (χ2n) is 6.38. The summed E-state index contributed by atoms with van der Waals surface area (Å²) in [5.41, 5.74) is 8.18. The highest BCUT2D eigenvalue weighted by Gasteiger charge is 2.35. The van der Waals surface area contributed by atoms with E-state index >= 15 is 0 Å². The van der Waals surface area contributed by atoms with Crippen molar-refractivity contribution in [3.63, 3.8) is 0 Å². The van der Waals surface area contributed by atoms with Gasteiger partial charge in [0.15, 0.2) is 0 Å². The minimum Gasteiger partial charge on any atom is -0.480 e. The van der Waals surface area contributed by atoms with E-state index in [2.05, 4.69) is 20.0 Å². The van der Waals surface area contributed by atoms with Crippen molar-refractivity contribution in [2.24, 2.45) is 5.11 Å². The molecule has 1 atom stereocenters. The Kier molecular flexibility index (Phi) is 4.54. The number of nitrogens with zero attached hydrogens (tertiary/aromatic N) is 6. The van der Waals surface area contributed by atoms with Gasteiger partial charge >= 0.3 is 0 Å². The Hall–Kier alpha value is -3.29. The molecule has 0 bridgehead atoms. The van der Waals surface area contributed by atoms with Crippen LogP contribution in [0.5, 0.6) is 5.88 Å². The molecule has 2 aliphatic heterocycles. The number of hydrogen-bond acceptors (Lipinski definition) is 6. The first-order valence-electron chi connectivity index (χ1n) is 8.48. The lowest BCUT2D eigenvalue weighted by molar-refractivity contribution is -0.137. The molecule has 1 amide bonds. The molecule has 0 aromatic carbocycles. The third-order valence-electron chi connectivity index (χ3n) is 4.61. The lowest BCUT2D eigenvalue weighted by Gasteiger charge is -2.38. The molecular weight excluding hydrogens is 384 g/mol. The first-order valence-corrected chi connectivity index (χ1v) is 8.85. The summed E-state index contributed by atoms with van der Waals surface area (Å²) in [4.78, 5) is 24.5. The third kappa shape index (κ3) is 3.11. The topological polar surface area (TPSA) is 113 Å². The summed E-state index contributed by atoms with van der Waals surface area (Å²) in [6.45, 7) is 2.52. The molecule has 1 saturated heterocycles. The normalized spacial score (nSPS) is 21.0. The van der Waals surface area contributed by atoms with Gasteiger partial charge in [0.2, 0.25) is 17.5 Å². The number of rotatable bonds is 4. The number of pyridine rings is 2. The first kappa shape index (κ1) is 18.1. The molecule has 9 nitrogen and oxygen atoms in total. The van der Waals surface area contributed by atoms with Crippen molar-refractivity contribution in [3.05, 3.63) is 64.1 Å². The van der Waals surface area contributed by atoms with Gasteiger partial charge in [-0.25, -0.2) is 9.97 Å². The van der Waals surface area contributed by atoms with Gasteiger partial charge in [-0.05, 0) is 28.9 Å². The molecule has 0 aliphatic carbocycles. The molecule has 4 heterocycles. The van der Waals surface area contributed by atoms with Crippen LogP contribution in [0.4, 0.5) is 0 Å². The van der Waals surface area contributed by atoms with Gasteiger partial charge in [0.1, 0.15) is 11.3 Å². The van der Waals surface area contributed by atoms with E-state index in [1.807, 2.05) is 0 Å². The molecular formula is C18H15ClN6O3. The molecule has 1 fully saturated rings. The number of aromatic nitrogens is 2. The van der Waals surface area contributed by atoms with Crippen LogP contribution in [0.15, 0.2) is 48.1 Å². The van der Waals surface area contributed by atoms with Gasteiger partial charge in [-0.1, -0.05) is 17.7 Å². The largest absolute Gasteiger partial charge is 0.480 e. The van der Waals surface area contributed by atoms with Crippen molar-refractivity contribution in [2.45, 2.75) is 18.8 Å². The number of azide groups is 1. The van der Waals surface area contributed by atoms with E-state index < -0.39 is 5.72 Å². The summed E-state index contributed by atoms with van der Waals surface area (Å²) >= 11 is 6.11. The Morgan fingerprint density at radius 2 is 2.21 bits per heavy atom. The van der Waals surface area contributed by atoms with E-state index in [4.69, 9.17) is 26.6 Å². The average Bonchev–Trinajstić information content (AvgIpc) is 2.64. The molecule has 10 heteroatoms. The third-order valence-corrected chi connectivity index (χ3v) is 4.82. The summed E-state index contributed by atoms with van der Waals surface area (Å²) in [6.07, 6.45) is 9.42. The van der Waals surface area contributed by atoms with Crippen molar-refractivity contribution < 1.29 is 14.3 Å².